The SMILES string of the molecule is CC(=O)c1c(I)cc(C=O)cc1C(F)(F)F. The summed E-state index contributed by atoms with van der Waals surface area (Å²) in [5.74, 6) is -0.672. The second kappa shape index (κ2) is 4.52. The standard InChI is InChI=1S/C10H6F3IO2/c1-5(16)9-7(10(11,12)13)2-6(4-15)3-8(9)14/h2-4H,1H3. The smallest absolute Gasteiger partial charge is 0.298 e. The molecule has 0 fully saturated rings. The van der Waals surface area contributed by atoms with Crippen LogP contribution in [0.25, 0.3) is 0 Å². The number of benzene rings is 1. The molecule has 0 spiro atoms. The fourth-order valence-corrected chi connectivity index (χ4v) is 2.31. The molecule has 0 saturated heterocycles. The Kier molecular flexibility index (Phi) is 3.72. The number of hydrogen-bond donors (Lipinski definition) is 0. The van der Waals surface area contributed by atoms with Crippen LogP contribution in [0.2, 0.25) is 0 Å². The molecular weight excluding hydrogens is 336 g/mol. The van der Waals surface area contributed by atoms with Crippen molar-refractivity contribution in [1.29, 1.82) is 0 Å². The average Bonchev–Trinajstić information content (AvgIpc) is 2.14. The molecule has 0 atom stereocenters. The number of hydrogen-bond acceptors (Lipinski definition) is 2. The zero-order valence-corrected chi connectivity index (χ0v) is 10.2. The van der Waals surface area contributed by atoms with Gasteiger partial charge >= 0.3 is 6.18 Å². The summed E-state index contributed by atoms with van der Waals surface area (Å²) in [7, 11) is 0. The molecule has 6 heteroatoms. The molecule has 0 unspecified atom stereocenters. The highest BCUT2D eigenvalue weighted by Crippen LogP contribution is 2.34. The second-order valence-electron chi connectivity index (χ2n) is 3.10. The Labute approximate surface area is 103 Å². The predicted molar refractivity (Wildman–Crippen MR) is 59.6 cm³/mol. The van der Waals surface area contributed by atoms with Gasteiger partial charge in [0.15, 0.2) is 5.78 Å². The minimum atomic E-state index is -4.64. The summed E-state index contributed by atoms with van der Waals surface area (Å²) in [5.41, 5.74) is -1.55. The number of rotatable bonds is 2. The Morgan fingerprint density at radius 1 is 1.38 bits per heavy atom. The highest BCUT2D eigenvalue weighted by Gasteiger charge is 2.35. The van der Waals surface area contributed by atoms with Gasteiger partial charge in [-0.25, -0.2) is 0 Å². The first kappa shape index (κ1) is 13.1. The number of carbonyl (C=O) groups excluding carboxylic acids is 2. The summed E-state index contributed by atoms with van der Waals surface area (Å²) in [4.78, 5) is 21.6. The molecule has 86 valence electrons. The highest BCUT2D eigenvalue weighted by molar-refractivity contribution is 14.1. The molecular formula is C10H6F3IO2. The maximum atomic E-state index is 12.6. The van der Waals surface area contributed by atoms with Crippen molar-refractivity contribution in [2.24, 2.45) is 0 Å². The fourth-order valence-electron chi connectivity index (χ4n) is 1.28. The number of carbonyl (C=O) groups is 2. The maximum absolute atomic E-state index is 12.6. The van der Waals surface area contributed by atoms with Crippen molar-refractivity contribution in [2.45, 2.75) is 13.1 Å². The summed E-state index contributed by atoms with van der Waals surface area (Å²) in [6.45, 7) is 1.06. The first-order chi connectivity index (χ1) is 7.27. The quantitative estimate of drug-likeness (QED) is 0.469. The molecule has 0 aliphatic heterocycles. The van der Waals surface area contributed by atoms with Crippen molar-refractivity contribution in [1.82, 2.24) is 0 Å². The van der Waals surface area contributed by atoms with Gasteiger partial charge in [0.2, 0.25) is 0 Å². The van der Waals surface area contributed by atoms with E-state index in [4.69, 9.17) is 0 Å². The van der Waals surface area contributed by atoms with Crippen molar-refractivity contribution < 1.29 is 22.8 Å². The van der Waals surface area contributed by atoms with Crippen LogP contribution in [0, 0.1) is 3.57 Å². The van der Waals surface area contributed by atoms with E-state index in [1.807, 2.05) is 0 Å². The molecule has 0 heterocycles. The van der Waals surface area contributed by atoms with Gasteiger partial charge in [0.05, 0.1) is 5.56 Å². The molecule has 0 aliphatic carbocycles. The van der Waals surface area contributed by atoms with Crippen LogP contribution in [-0.4, -0.2) is 12.1 Å². The summed E-state index contributed by atoms with van der Waals surface area (Å²) in [6, 6.07) is 1.94. The van der Waals surface area contributed by atoms with E-state index >= 15 is 0 Å². The van der Waals surface area contributed by atoms with Gasteiger partial charge in [0, 0.05) is 14.7 Å². The van der Waals surface area contributed by atoms with Gasteiger partial charge < -0.3 is 0 Å². The molecule has 0 bridgehead atoms. The van der Waals surface area contributed by atoms with Gasteiger partial charge in [-0.3, -0.25) is 9.59 Å². The van der Waals surface area contributed by atoms with Crippen LogP contribution in [-0.2, 0) is 6.18 Å². The molecule has 2 nitrogen and oxygen atoms in total. The van der Waals surface area contributed by atoms with Crippen LogP contribution >= 0.6 is 22.6 Å². The number of Topliss-reactive ketones (excluding diaryl/α,β-unsaturated/α-hetero) is 1. The number of aldehydes is 1. The van der Waals surface area contributed by atoms with Gasteiger partial charge in [0.25, 0.3) is 0 Å². The molecule has 16 heavy (non-hydrogen) atoms. The van der Waals surface area contributed by atoms with Crippen LogP contribution in [0.3, 0.4) is 0 Å². The number of halogens is 4. The molecule has 0 amide bonds. The van der Waals surface area contributed by atoms with Crippen LogP contribution < -0.4 is 0 Å². The Hall–Kier alpha value is -0.920. The lowest BCUT2D eigenvalue weighted by molar-refractivity contribution is -0.138. The largest absolute Gasteiger partial charge is 0.417 e. The predicted octanol–water partition coefficient (Wildman–Crippen LogP) is 3.33. The zero-order valence-electron chi connectivity index (χ0n) is 8.06. The van der Waals surface area contributed by atoms with Gasteiger partial charge in [-0.15, -0.1) is 0 Å². The lowest BCUT2D eigenvalue weighted by Gasteiger charge is -2.13. The Morgan fingerprint density at radius 3 is 2.31 bits per heavy atom. The van der Waals surface area contributed by atoms with Gasteiger partial charge in [0.1, 0.15) is 6.29 Å². The van der Waals surface area contributed by atoms with Crippen molar-refractivity contribution in [3.8, 4) is 0 Å². The topological polar surface area (TPSA) is 34.1 Å². The number of ketones is 1. The van der Waals surface area contributed by atoms with Crippen LogP contribution in [0.4, 0.5) is 13.2 Å². The zero-order chi connectivity index (χ0) is 12.5. The Morgan fingerprint density at radius 2 is 1.94 bits per heavy atom. The van der Waals surface area contributed by atoms with Crippen LogP contribution in [0.5, 0.6) is 0 Å². The third kappa shape index (κ3) is 2.60. The fraction of sp³-hybridized carbons (Fsp3) is 0.200. The lowest BCUT2D eigenvalue weighted by atomic mass is 10.0. The minimum Gasteiger partial charge on any atom is -0.298 e. The maximum Gasteiger partial charge on any atom is 0.417 e. The first-order valence-corrected chi connectivity index (χ1v) is 5.22. The van der Waals surface area contributed by atoms with E-state index in [-0.39, 0.29) is 9.13 Å². The van der Waals surface area contributed by atoms with Gasteiger partial charge in [-0.05, 0) is 41.6 Å². The molecule has 0 radical (unpaired) electrons. The van der Waals surface area contributed by atoms with E-state index in [2.05, 4.69) is 0 Å². The normalized spacial score (nSPS) is 11.3. The van der Waals surface area contributed by atoms with Crippen molar-refractivity contribution in [2.75, 3.05) is 0 Å². The first-order valence-electron chi connectivity index (χ1n) is 4.14. The van der Waals surface area contributed by atoms with E-state index in [0.29, 0.717) is 12.4 Å². The number of alkyl halides is 3. The van der Waals surface area contributed by atoms with Crippen LogP contribution in [0.1, 0.15) is 33.2 Å². The lowest BCUT2D eigenvalue weighted by Crippen LogP contribution is -2.14. The summed E-state index contributed by atoms with van der Waals surface area (Å²) < 4.78 is 38.0. The summed E-state index contributed by atoms with van der Waals surface area (Å²) in [6.07, 6.45) is -4.32. The van der Waals surface area contributed by atoms with E-state index < -0.39 is 23.1 Å². The van der Waals surface area contributed by atoms with Crippen molar-refractivity contribution >= 4 is 34.7 Å². The molecule has 1 rings (SSSR count). The molecule has 1 aromatic rings. The van der Waals surface area contributed by atoms with E-state index in [1.165, 1.54) is 6.07 Å². The highest BCUT2D eigenvalue weighted by atomic mass is 127. The molecule has 1 aromatic carbocycles. The van der Waals surface area contributed by atoms with E-state index in [9.17, 15) is 22.8 Å². The van der Waals surface area contributed by atoms with E-state index in [1.54, 1.807) is 22.6 Å². The van der Waals surface area contributed by atoms with E-state index in [0.717, 1.165) is 6.92 Å². The molecule has 0 aromatic heterocycles. The summed E-state index contributed by atoms with van der Waals surface area (Å²) in [5, 5.41) is 0. The third-order valence-electron chi connectivity index (χ3n) is 1.91. The Bertz CT molecular complexity index is 452. The Balaban J connectivity index is 3.59. The van der Waals surface area contributed by atoms with Crippen molar-refractivity contribution in [3.05, 3.63) is 32.4 Å². The molecule has 0 aliphatic rings. The van der Waals surface area contributed by atoms with Crippen molar-refractivity contribution in [3.63, 3.8) is 0 Å². The third-order valence-corrected chi connectivity index (χ3v) is 2.76. The second-order valence-corrected chi connectivity index (χ2v) is 4.26. The summed E-state index contributed by atoms with van der Waals surface area (Å²) >= 11 is 1.61. The molecule has 0 N–H and O–H groups in total. The monoisotopic (exact) mass is 342 g/mol. The van der Waals surface area contributed by atoms with Gasteiger partial charge in [-0.1, -0.05) is 0 Å². The minimum absolute atomic E-state index is 0.0956. The average molecular weight is 342 g/mol. The van der Waals surface area contributed by atoms with Gasteiger partial charge in [-0.2, -0.15) is 13.2 Å². The molecule has 0 saturated carbocycles. The van der Waals surface area contributed by atoms with Crippen LogP contribution in [0.15, 0.2) is 12.1 Å².